The van der Waals surface area contributed by atoms with E-state index in [1.807, 2.05) is 72.8 Å². The topological polar surface area (TPSA) is 49.9 Å². The summed E-state index contributed by atoms with van der Waals surface area (Å²) in [5, 5.41) is 2.28. The monoisotopic (exact) mass is 418 g/mol. The van der Waals surface area contributed by atoms with E-state index < -0.39 is 18.1 Å². The van der Waals surface area contributed by atoms with Crippen LogP contribution in [-0.2, 0) is 21.0 Å². The number of imide groups is 1. The first-order valence-corrected chi connectivity index (χ1v) is 10.2. The first-order valence-electron chi connectivity index (χ1n) is 9.79. The lowest BCUT2D eigenvalue weighted by molar-refractivity contribution is -0.143. The molecule has 0 spiro atoms. The van der Waals surface area contributed by atoms with Crippen LogP contribution in [0.5, 0.6) is 0 Å². The molecule has 2 aliphatic rings. The number of likely N-dealkylation sites (tertiary alicyclic amines) is 1. The molecule has 2 saturated heterocycles. The third-order valence-corrected chi connectivity index (χ3v) is 5.86. The van der Waals surface area contributed by atoms with Gasteiger partial charge in [-0.05, 0) is 35.4 Å². The van der Waals surface area contributed by atoms with E-state index in [0.717, 1.165) is 16.8 Å². The lowest BCUT2D eigenvalue weighted by Crippen LogP contribution is -2.36. The van der Waals surface area contributed by atoms with Crippen molar-refractivity contribution in [3.05, 3.63) is 101 Å². The fourth-order valence-electron chi connectivity index (χ4n) is 4.19. The van der Waals surface area contributed by atoms with Gasteiger partial charge < -0.3 is 0 Å². The summed E-state index contributed by atoms with van der Waals surface area (Å²) in [4.78, 5) is 34.0. The van der Waals surface area contributed by atoms with Crippen molar-refractivity contribution in [1.82, 2.24) is 4.90 Å². The first kappa shape index (κ1) is 18.9. The van der Waals surface area contributed by atoms with E-state index in [0.29, 0.717) is 5.02 Å². The minimum absolute atomic E-state index is 0.209. The van der Waals surface area contributed by atoms with Crippen LogP contribution in [0.2, 0.25) is 5.02 Å². The van der Waals surface area contributed by atoms with Gasteiger partial charge in [-0.3, -0.25) is 19.3 Å². The van der Waals surface area contributed by atoms with Gasteiger partial charge in [0.25, 0.3) is 5.91 Å². The van der Waals surface area contributed by atoms with Gasteiger partial charge in [0.05, 0.1) is 18.3 Å². The Hall–Kier alpha value is -3.15. The highest BCUT2D eigenvalue weighted by Gasteiger charge is 2.59. The standard InChI is InChI=1S/C24H19ClN2O3/c25-18-11-13-19(14-12-18)27-21(17-9-5-2-6-10-17)20-22(30-27)24(29)26(23(20)28)15-16-7-3-1-4-8-16/h1-14,20-22H,15H2/t20-,21+,22+/m1/s1. The average Bonchev–Trinajstić information content (AvgIpc) is 3.28. The zero-order chi connectivity index (χ0) is 20.7. The number of nitrogens with zero attached hydrogens (tertiary/aromatic N) is 2. The minimum atomic E-state index is -0.845. The molecule has 5 nitrogen and oxygen atoms in total. The molecule has 0 aliphatic carbocycles. The number of hydroxylamine groups is 1. The summed E-state index contributed by atoms with van der Waals surface area (Å²) >= 11 is 6.04. The lowest BCUT2D eigenvalue weighted by atomic mass is 9.90. The Morgan fingerprint density at radius 2 is 1.43 bits per heavy atom. The van der Waals surface area contributed by atoms with Crippen molar-refractivity contribution in [2.24, 2.45) is 5.92 Å². The molecular weight excluding hydrogens is 400 g/mol. The van der Waals surface area contributed by atoms with Gasteiger partial charge in [0.15, 0.2) is 6.10 Å². The van der Waals surface area contributed by atoms with Crippen molar-refractivity contribution >= 4 is 29.1 Å². The molecule has 3 atom stereocenters. The molecule has 6 heteroatoms. The van der Waals surface area contributed by atoms with Crippen molar-refractivity contribution < 1.29 is 14.4 Å². The van der Waals surface area contributed by atoms with Gasteiger partial charge >= 0.3 is 0 Å². The van der Waals surface area contributed by atoms with E-state index in [9.17, 15) is 9.59 Å². The Morgan fingerprint density at radius 1 is 0.800 bits per heavy atom. The zero-order valence-electron chi connectivity index (χ0n) is 16.0. The van der Waals surface area contributed by atoms with Crippen molar-refractivity contribution in [3.8, 4) is 0 Å². The molecule has 2 aliphatic heterocycles. The molecule has 30 heavy (non-hydrogen) atoms. The van der Waals surface area contributed by atoms with E-state index in [2.05, 4.69) is 0 Å². The van der Waals surface area contributed by atoms with Crippen molar-refractivity contribution in [1.29, 1.82) is 0 Å². The molecule has 0 saturated carbocycles. The number of amides is 2. The molecular formula is C24H19ClN2O3. The summed E-state index contributed by atoms with van der Waals surface area (Å²) in [5.41, 5.74) is 2.57. The Balaban J connectivity index is 1.51. The second-order valence-electron chi connectivity index (χ2n) is 7.46. The normalized spacial score (nSPS) is 23.2. The van der Waals surface area contributed by atoms with Gasteiger partial charge in [0.2, 0.25) is 5.91 Å². The van der Waals surface area contributed by atoms with Crippen molar-refractivity contribution in [2.75, 3.05) is 5.06 Å². The third kappa shape index (κ3) is 3.16. The minimum Gasteiger partial charge on any atom is -0.275 e. The number of anilines is 1. The fourth-order valence-corrected chi connectivity index (χ4v) is 4.32. The summed E-state index contributed by atoms with van der Waals surface area (Å²) in [6.07, 6.45) is -0.845. The molecule has 150 valence electrons. The van der Waals surface area contributed by atoms with Crippen LogP contribution in [0.1, 0.15) is 17.2 Å². The second-order valence-corrected chi connectivity index (χ2v) is 7.89. The van der Waals surface area contributed by atoms with Gasteiger partial charge in [-0.15, -0.1) is 0 Å². The van der Waals surface area contributed by atoms with Crippen LogP contribution in [0, 0.1) is 5.92 Å². The van der Waals surface area contributed by atoms with Gasteiger partial charge in [0, 0.05) is 5.02 Å². The van der Waals surface area contributed by atoms with Crippen LogP contribution >= 0.6 is 11.6 Å². The summed E-state index contributed by atoms with van der Waals surface area (Å²) in [7, 11) is 0. The number of hydrogen-bond acceptors (Lipinski definition) is 4. The third-order valence-electron chi connectivity index (χ3n) is 5.61. The van der Waals surface area contributed by atoms with Crippen LogP contribution in [0.4, 0.5) is 5.69 Å². The summed E-state index contributed by atoms with van der Waals surface area (Å²) in [6.45, 7) is 0.247. The van der Waals surface area contributed by atoms with Crippen LogP contribution in [0.15, 0.2) is 84.9 Å². The molecule has 2 heterocycles. The van der Waals surface area contributed by atoms with Crippen LogP contribution in [0.25, 0.3) is 0 Å². The average molecular weight is 419 g/mol. The number of fused-ring (bicyclic) bond motifs is 1. The number of carbonyl (C=O) groups is 2. The van der Waals surface area contributed by atoms with Gasteiger partial charge in [0.1, 0.15) is 5.92 Å². The Kier molecular flexibility index (Phi) is 4.77. The molecule has 2 amide bonds. The summed E-state index contributed by atoms with van der Waals surface area (Å²) in [5.74, 6) is -1.12. The first-order chi connectivity index (χ1) is 14.6. The Labute approximate surface area is 179 Å². The molecule has 3 aromatic rings. The molecule has 0 radical (unpaired) electrons. The maximum Gasteiger partial charge on any atom is 0.262 e. The Bertz CT molecular complexity index is 1070. The number of carbonyl (C=O) groups excluding carboxylic acids is 2. The van der Waals surface area contributed by atoms with E-state index >= 15 is 0 Å². The van der Waals surface area contributed by atoms with E-state index in [1.165, 1.54) is 4.90 Å². The number of hydrogen-bond donors (Lipinski definition) is 0. The van der Waals surface area contributed by atoms with Gasteiger partial charge in [-0.2, -0.15) is 0 Å². The van der Waals surface area contributed by atoms with Crippen molar-refractivity contribution in [2.45, 2.75) is 18.7 Å². The number of rotatable bonds is 4. The molecule has 0 unspecified atom stereocenters. The highest BCUT2D eigenvalue weighted by atomic mass is 35.5. The lowest BCUT2D eigenvalue weighted by Gasteiger charge is -2.28. The highest BCUT2D eigenvalue weighted by Crippen LogP contribution is 2.47. The van der Waals surface area contributed by atoms with E-state index in [-0.39, 0.29) is 18.4 Å². The quantitative estimate of drug-likeness (QED) is 0.590. The maximum absolute atomic E-state index is 13.4. The predicted octanol–water partition coefficient (Wildman–Crippen LogP) is 4.39. The molecule has 3 aromatic carbocycles. The van der Waals surface area contributed by atoms with E-state index in [1.54, 1.807) is 17.2 Å². The van der Waals surface area contributed by atoms with E-state index in [4.69, 9.17) is 16.4 Å². The smallest absolute Gasteiger partial charge is 0.262 e. The largest absolute Gasteiger partial charge is 0.275 e. The zero-order valence-corrected chi connectivity index (χ0v) is 16.8. The predicted molar refractivity (Wildman–Crippen MR) is 113 cm³/mol. The van der Waals surface area contributed by atoms with Crippen LogP contribution in [-0.4, -0.2) is 22.8 Å². The molecule has 0 bridgehead atoms. The van der Waals surface area contributed by atoms with Crippen molar-refractivity contribution in [3.63, 3.8) is 0 Å². The summed E-state index contributed by atoms with van der Waals surface area (Å²) < 4.78 is 0. The fraction of sp³-hybridized carbons (Fsp3) is 0.167. The second kappa shape index (κ2) is 7.59. The molecule has 0 aromatic heterocycles. The number of benzene rings is 3. The SMILES string of the molecule is O=C1[C@H]2[C@H](ON(c3ccc(Cl)cc3)[C@H]2c2ccccc2)C(=O)N1Cc1ccccc1. The highest BCUT2D eigenvalue weighted by molar-refractivity contribution is 6.30. The van der Waals surface area contributed by atoms with Crippen LogP contribution in [0.3, 0.4) is 0 Å². The molecule has 2 fully saturated rings. The molecule has 5 rings (SSSR count). The van der Waals surface area contributed by atoms with Gasteiger partial charge in [-0.1, -0.05) is 72.3 Å². The summed E-state index contributed by atoms with van der Waals surface area (Å²) in [6, 6.07) is 26.0. The molecule has 0 N–H and O–H groups in total. The van der Waals surface area contributed by atoms with Crippen LogP contribution < -0.4 is 5.06 Å². The maximum atomic E-state index is 13.4. The Morgan fingerprint density at radius 3 is 2.10 bits per heavy atom. The number of halogens is 1. The van der Waals surface area contributed by atoms with Gasteiger partial charge in [-0.25, -0.2) is 5.06 Å².